The Labute approximate surface area is 326 Å². The summed E-state index contributed by atoms with van der Waals surface area (Å²) in [5.74, 6) is -5.63. The number of benzene rings is 1. The summed E-state index contributed by atoms with van der Waals surface area (Å²) in [5, 5.41) is 60.3. The normalized spacial score (nSPS) is 26.8. The highest BCUT2D eigenvalue weighted by atomic mass is 16.4. The first kappa shape index (κ1) is 41.5. The lowest BCUT2D eigenvalue weighted by Crippen LogP contribution is -2.55. The molecular weight excluding hydrogens is 726 g/mol. The van der Waals surface area contributed by atoms with E-state index in [0.29, 0.717) is 12.8 Å². The van der Waals surface area contributed by atoms with Crippen LogP contribution in [0.25, 0.3) is 10.9 Å². The van der Waals surface area contributed by atoms with Gasteiger partial charge < -0.3 is 50.2 Å². The van der Waals surface area contributed by atoms with Crippen molar-refractivity contribution >= 4 is 40.7 Å². The molecular formula is C39H54N7O10-3. The zero-order valence-electron chi connectivity index (χ0n) is 31.8. The molecule has 17 heteroatoms. The summed E-state index contributed by atoms with van der Waals surface area (Å²) >= 11 is 0. The van der Waals surface area contributed by atoms with E-state index in [0.717, 1.165) is 37.9 Å². The summed E-state index contributed by atoms with van der Waals surface area (Å²) in [6.45, 7) is 1.85. The van der Waals surface area contributed by atoms with E-state index < -0.39 is 61.6 Å². The third kappa shape index (κ3) is 10.2. The Balaban J connectivity index is 1.09. The van der Waals surface area contributed by atoms with Crippen molar-refractivity contribution in [3.05, 3.63) is 35.5 Å². The van der Waals surface area contributed by atoms with Gasteiger partial charge in [0.05, 0.1) is 36.0 Å². The maximum Gasteiger partial charge on any atom is 0.320 e. The number of aliphatic hydroxyl groups is 1. The molecule has 0 bridgehead atoms. The molecule has 0 spiro atoms. The van der Waals surface area contributed by atoms with Gasteiger partial charge in [-0.15, -0.1) is 0 Å². The Kier molecular flexibility index (Phi) is 14.0. The van der Waals surface area contributed by atoms with Gasteiger partial charge in [-0.1, -0.05) is 18.2 Å². The highest BCUT2D eigenvalue weighted by Gasteiger charge is 2.49. The molecule has 308 valence electrons. The largest absolute Gasteiger partial charge is 0.549 e. The van der Waals surface area contributed by atoms with Crippen LogP contribution in [-0.2, 0) is 30.4 Å². The monoisotopic (exact) mass is 780 g/mol. The van der Waals surface area contributed by atoms with Gasteiger partial charge >= 0.3 is 5.97 Å². The molecule has 56 heavy (non-hydrogen) atoms. The van der Waals surface area contributed by atoms with Crippen molar-refractivity contribution in [2.24, 2.45) is 17.8 Å². The van der Waals surface area contributed by atoms with Crippen LogP contribution >= 0.6 is 0 Å². The second-order valence-electron chi connectivity index (χ2n) is 15.9. The number of aromatic amines is 1. The molecule has 3 unspecified atom stereocenters. The van der Waals surface area contributed by atoms with E-state index >= 15 is 0 Å². The zero-order valence-corrected chi connectivity index (χ0v) is 31.8. The van der Waals surface area contributed by atoms with E-state index in [1.54, 1.807) is 14.7 Å². The van der Waals surface area contributed by atoms with Crippen molar-refractivity contribution < 1.29 is 49.5 Å². The van der Waals surface area contributed by atoms with Crippen LogP contribution in [0.15, 0.2) is 24.3 Å². The molecule has 2 saturated heterocycles. The third-order valence-corrected chi connectivity index (χ3v) is 12.5. The van der Waals surface area contributed by atoms with Gasteiger partial charge in [-0.3, -0.25) is 34.1 Å². The molecule has 1 aromatic carbocycles. The van der Waals surface area contributed by atoms with Crippen LogP contribution in [0.3, 0.4) is 0 Å². The van der Waals surface area contributed by atoms with Crippen molar-refractivity contribution in [1.29, 1.82) is 0 Å². The van der Waals surface area contributed by atoms with E-state index in [1.165, 1.54) is 21.5 Å². The summed E-state index contributed by atoms with van der Waals surface area (Å²) in [6, 6.07) is 7.42. The van der Waals surface area contributed by atoms with Gasteiger partial charge in [0.1, 0.15) is 6.04 Å². The number of aliphatic hydroxyl groups excluding tert-OH is 1. The lowest BCUT2D eigenvalue weighted by Gasteiger charge is -2.51. The number of nitrogens with zero attached hydrogens (tertiary/aromatic N) is 5. The molecule has 0 radical (unpaired) electrons. The summed E-state index contributed by atoms with van der Waals surface area (Å²) in [7, 11) is 0. The van der Waals surface area contributed by atoms with Gasteiger partial charge in [0.25, 0.3) is 0 Å². The Hall–Kier alpha value is -4.13. The quantitative estimate of drug-likeness (QED) is 0.143. The molecule has 17 nitrogen and oxygen atoms in total. The number of carboxylic acid groups (broad SMARTS) is 4. The van der Waals surface area contributed by atoms with Crippen LogP contribution in [0.5, 0.6) is 0 Å². The topological polar surface area (TPSA) is 239 Å². The van der Waals surface area contributed by atoms with Crippen molar-refractivity contribution in [2.75, 3.05) is 91.6 Å². The van der Waals surface area contributed by atoms with Gasteiger partial charge in [0.15, 0.2) is 0 Å². The van der Waals surface area contributed by atoms with Crippen molar-refractivity contribution in [2.45, 2.75) is 56.7 Å². The van der Waals surface area contributed by atoms with Crippen molar-refractivity contribution in [1.82, 2.24) is 34.8 Å². The summed E-state index contributed by atoms with van der Waals surface area (Å²) in [4.78, 5) is 73.6. The van der Waals surface area contributed by atoms with E-state index in [9.17, 15) is 49.5 Å². The zero-order chi connectivity index (χ0) is 39.9. The van der Waals surface area contributed by atoms with E-state index in [2.05, 4.69) is 33.4 Å². The first-order valence-corrected chi connectivity index (χ1v) is 19.9. The smallest absolute Gasteiger partial charge is 0.320 e. The highest BCUT2D eigenvalue weighted by molar-refractivity contribution is 5.85. The van der Waals surface area contributed by atoms with Crippen LogP contribution < -0.4 is 20.6 Å². The number of nitrogens with one attached hydrogen (secondary N) is 2. The minimum atomic E-state index is -1.33. The molecule has 6 rings (SSSR count). The number of amides is 1. The first-order chi connectivity index (χ1) is 26.9. The Morgan fingerprint density at radius 3 is 2.00 bits per heavy atom. The molecule has 6 atom stereocenters. The lowest BCUT2D eigenvalue weighted by atomic mass is 9.64. The van der Waals surface area contributed by atoms with Crippen LogP contribution in [0.1, 0.15) is 49.4 Å². The molecule has 4 N–H and O–H groups in total. The average molecular weight is 781 g/mol. The molecule has 2 aromatic rings. The minimum absolute atomic E-state index is 0.00719. The Bertz CT molecular complexity index is 1690. The predicted octanol–water partition coefficient (Wildman–Crippen LogP) is -3.71. The van der Waals surface area contributed by atoms with Crippen molar-refractivity contribution in [3.63, 3.8) is 0 Å². The fourth-order valence-electron chi connectivity index (χ4n) is 9.68. The fraction of sp³-hybridized carbons (Fsp3) is 0.667. The highest BCUT2D eigenvalue weighted by Crippen LogP contribution is 2.49. The molecule has 1 aromatic heterocycles. The number of aliphatic carboxylic acids is 4. The second-order valence-corrected chi connectivity index (χ2v) is 15.9. The minimum Gasteiger partial charge on any atom is -0.549 e. The van der Waals surface area contributed by atoms with Crippen LogP contribution in [-0.4, -0.2) is 173 Å². The van der Waals surface area contributed by atoms with E-state index in [4.69, 9.17) is 0 Å². The number of carboxylic acids is 4. The molecule has 1 amide bonds. The maximum atomic E-state index is 13.9. The number of fused-ring (bicyclic) bond motifs is 6. The lowest BCUT2D eigenvalue weighted by molar-refractivity contribution is -0.308. The van der Waals surface area contributed by atoms with Gasteiger partial charge in [-0.2, -0.15) is 0 Å². The van der Waals surface area contributed by atoms with E-state index in [-0.39, 0.29) is 89.1 Å². The van der Waals surface area contributed by atoms with E-state index in [1.807, 2.05) is 6.07 Å². The van der Waals surface area contributed by atoms with Gasteiger partial charge in [0, 0.05) is 108 Å². The first-order valence-electron chi connectivity index (χ1n) is 19.9. The van der Waals surface area contributed by atoms with Gasteiger partial charge in [-0.25, -0.2) is 0 Å². The number of carbonyl (C=O) groups is 5. The number of para-hydroxylation sites is 1. The summed E-state index contributed by atoms with van der Waals surface area (Å²) in [5.41, 5.74) is 3.65. The number of hydrogen-bond donors (Lipinski definition) is 4. The molecule has 4 heterocycles. The number of aromatic nitrogens is 1. The average Bonchev–Trinajstić information content (AvgIpc) is 3.53. The van der Waals surface area contributed by atoms with Gasteiger partial charge in [0.2, 0.25) is 5.91 Å². The maximum absolute atomic E-state index is 13.9. The van der Waals surface area contributed by atoms with Crippen LogP contribution in [0.4, 0.5) is 0 Å². The molecule has 1 aliphatic carbocycles. The Morgan fingerprint density at radius 2 is 1.41 bits per heavy atom. The SMILES string of the molecule is O=C([O-])CN1CCN(CC(=O)[O-])CCN(C(CCCNC(=O)C2C(O)CC[C@H]3CN4CCc5c([nH]c6ccccc56)[C@H]4C[C@@H]23)C(=O)O)CCN(CC(=O)[O-])CC1. The Morgan fingerprint density at radius 1 is 0.821 bits per heavy atom. The van der Waals surface area contributed by atoms with Crippen LogP contribution in [0, 0.1) is 17.8 Å². The second kappa shape index (κ2) is 18.9. The molecule has 1 saturated carbocycles. The molecule has 3 aliphatic heterocycles. The number of piperidine rings is 1. The fourth-order valence-corrected chi connectivity index (χ4v) is 9.68. The van der Waals surface area contributed by atoms with Gasteiger partial charge in [-0.05, 0) is 62.0 Å². The van der Waals surface area contributed by atoms with Crippen molar-refractivity contribution in [3.8, 4) is 0 Å². The number of H-pyrrole nitrogens is 1. The number of hydrogen-bond acceptors (Lipinski definition) is 14. The summed E-state index contributed by atoms with van der Waals surface area (Å²) in [6.07, 6.45) is 2.81. The molecule has 3 fully saturated rings. The number of rotatable bonds is 13. The summed E-state index contributed by atoms with van der Waals surface area (Å²) < 4.78 is 0. The number of carbonyl (C=O) groups excluding carboxylic acids is 4. The molecule has 4 aliphatic rings. The predicted molar refractivity (Wildman–Crippen MR) is 196 cm³/mol. The third-order valence-electron chi connectivity index (χ3n) is 12.5. The standard InChI is InChI=1S/C39H57N7O10/c47-32-8-7-25-21-46-11-9-27-26-4-1-2-5-29(26)41-37(27)31(46)20-28(25)36(32)38(54)40-10-3-6-30(39(55)56)45-18-16-43(23-34(50)51)14-12-42(22-33(48)49)13-15-44(17-19-45)24-35(52)53/h1-2,4-5,25,28,30-32,36,41,47H,3,6-24H2,(H,40,54)(H,48,49)(H,50,51)(H,52,53)(H,55,56)/p-3/t25-,28+,30?,31+,32?,36?/m0/s1. The van der Waals surface area contributed by atoms with Crippen LogP contribution in [0.2, 0.25) is 0 Å².